The smallest absolute Gasteiger partial charge is 0.330 e. The molecule has 0 spiro atoms. The molecule has 0 aromatic heterocycles. The van der Waals surface area contributed by atoms with E-state index in [0.29, 0.717) is 30.1 Å². The van der Waals surface area contributed by atoms with Gasteiger partial charge in [0, 0.05) is 25.0 Å². The zero-order valence-corrected chi connectivity index (χ0v) is 30.4. The Kier molecular flexibility index (Phi) is 16.9. The Morgan fingerprint density at radius 2 is 1.06 bits per heavy atom. The molecular weight excluding hydrogens is 684 g/mol. The maximum Gasteiger partial charge on any atom is 0.330 e. The van der Waals surface area contributed by atoms with Gasteiger partial charge in [-0.2, -0.15) is 0 Å². The molecule has 284 valence electrons. The van der Waals surface area contributed by atoms with Crippen LogP contribution in [0.5, 0.6) is 17.2 Å². The van der Waals surface area contributed by atoms with Crippen molar-refractivity contribution in [1.29, 1.82) is 0 Å². The van der Waals surface area contributed by atoms with Gasteiger partial charge < -0.3 is 43.7 Å². The van der Waals surface area contributed by atoms with Crippen molar-refractivity contribution in [2.45, 2.75) is 52.1 Å². The van der Waals surface area contributed by atoms with Crippen LogP contribution in [0.1, 0.15) is 38.9 Å². The van der Waals surface area contributed by atoms with Gasteiger partial charge in [-0.25, -0.2) is 9.59 Å². The summed E-state index contributed by atoms with van der Waals surface area (Å²) in [6.07, 6.45) is 0.185. The molecule has 3 atom stereocenters. The minimum Gasteiger partial charge on any atom is -0.490 e. The average Bonchev–Trinajstić information content (AvgIpc) is 3.13. The maximum atomic E-state index is 11.6. The molecule has 3 aromatic carbocycles. The lowest BCUT2D eigenvalue weighted by molar-refractivity contribution is -0.142. The molecule has 53 heavy (non-hydrogen) atoms. The van der Waals surface area contributed by atoms with E-state index in [1.54, 1.807) is 12.1 Å². The number of rotatable bonds is 23. The highest BCUT2D eigenvalue weighted by Crippen LogP contribution is 2.35. The van der Waals surface area contributed by atoms with Crippen LogP contribution in [0.2, 0.25) is 0 Å². The number of aliphatic hydroxyl groups is 3. The number of aliphatic hydroxyl groups excluding tert-OH is 3. The molecule has 0 heterocycles. The van der Waals surface area contributed by atoms with Crippen LogP contribution in [0.3, 0.4) is 0 Å². The van der Waals surface area contributed by atoms with E-state index < -0.39 is 30.4 Å². The van der Waals surface area contributed by atoms with E-state index in [4.69, 9.17) is 28.4 Å². The zero-order chi connectivity index (χ0) is 38.9. The predicted octanol–water partition coefficient (Wildman–Crippen LogP) is 4.20. The average molecular weight is 733 g/mol. The second-order valence-electron chi connectivity index (χ2n) is 12.3. The van der Waals surface area contributed by atoms with E-state index in [1.165, 1.54) is 0 Å². The standard InChI is InChI=1S/C41H48O12/c1-7-33(42)20-52-40(47)25-49-37-13-11-27(5)15-30(37)19-32-17-28(6)16-31(41(32)53-24-35(44)23-51-39(46)9-3)18-29-14-26(4)10-12-36(29)48-21-34(43)22-50-38(45)8-2/h7-17,34-35,40,43-44,47H,1-3,18-25H2,4-6H3. The number of esters is 2. The Hall–Kier alpha value is -5.27. The molecule has 3 aromatic rings. The van der Waals surface area contributed by atoms with Crippen LogP contribution in [-0.2, 0) is 41.4 Å². The van der Waals surface area contributed by atoms with Gasteiger partial charge in [-0.05, 0) is 61.2 Å². The largest absolute Gasteiger partial charge is 0.490 e. The van der Waals surface area contributed by atoms with Gasteiger partial charge in [-0.3, -0.25) is 4.79 Å². The van der Waals surface area contributed by atoms with Gasteiger partial charge in [0.25, 0.3) is 0 Å². The van der Waals surface area contributed by atoms with E-state index in [2.05, 4.69) is 19.7 Å². The highest BCUT2D eigenvalue weighted by Gasteiger charge is 2.20. The number of aryl methyl sites for hydroxylation is 3. The lowest BCUT2D eigenvalue weighted by atomic mass is 9.93. The van der Waals surface area contributed by atoms with E-state index >= 15 is 0 Å². The molecule has 12 nitrogen and oxygen atoms in total. The van der Waals surface area contributed by atoms with Gasteiger partial charge in [-0.15, -0.1) is 0 Å². The van der Waals surface area contributed by atoms with Crippen molar-refractivity contribution in [2.75, 3.05) is 39.6 Å². The van der Waals surface area contributed by atoms with E-state index in [0.717, 1.165) is 57.2 Å². The van der Waals surface area contributed by atoms with Crippen LogP contribution in [0.4, 0.5) is 0 Å². The molecule has 0 aliphatic rings. The van der Waals surface area contributed by atoms with Gasteiger partial charge in [0.1, 0.15) is 69.1 Å². The van der Waals surface area contributed by atoms with Crippen molar-refractivity contribution < 1.29 is 58.1 Å². The summed E-state index contributed by atoms with van der Waals surface area (Å²) in [7, 11) is 0. The fourth-order valence-corrected chi connectivity index (χ4v) is 5.14. The molecule has 3 N–H and O–H groups in total. The first-order valence-electron chi connectivity index (χ1n) is 16.9. The number of carbonyl (C=O) groups is 3. The summed E-state index contributed by atoms with van der Waals surface area (Å²) in [5.74, 6) is -0.246. The van der Waals surface area contributed by atoms with Crippen molar-refractivity contribution in [1.82, 2.24) is 0 Å². The van der Waals surface area contributed by atoms with Gasteiger partial charge >= 0.3 is 11.9 Å². The Morgan fingerprint density at radius 1 is 0.604 bits per heavy atom. The molecule has 0 saturated carbocycles. The summed E-state index contributed by atoms with van der Waals surface area (Å²) < 4.78 is 33.3. The fourth-order valence-electron chi connectivity index (χ4n) is 5.14. The second-order valence-corrected chi connectivity index (χ2v) is 12.3. The lowest BCUT2D eigenvalue weighted by Gasteiger charge is -2.22. The molecule has 0 saturated heterocycles. The Balaban J connectivity index is 1.97. The van der Waals surface area contributed by atoms with Crippen molar-refractivity contribution in [3.8, 4) is 17.2 Å². The van der Waals surface area contributed by atoms with E-state index in [1.807, 2.05) is 57.2 Å². The summed E-state index contributed by atoms with van der Waals surface area (Å²) >= 11 is 0. The van der Waals surface area contributed by atoms with Gasteiger partial charge in [0.05, 0.1) is 0 Å². The molecule has 0 radical (unpaired) electrons. The number of ketones is 1. The lowest BCUT2D eigenvalue weighted by Crippen LogP contribution is -2.25. The van der Waals surface area contributed by atoms with Crippen LogP contribution < -0.4 is 14.2 Å². The molecule has 0 aliphatic heterocycles. The van der Waals surface area contributed by atoms with Crippen molar-refractivity contribution in [2.24, 2.45) is 0 Å². The second kappa shape index (κ2) is 21.3. The first-order chi connectivity index (χ1) is 25.3. The molecule has 0 amide bonds. The van der Waals surface area contributed by atoms with Crippen LogP contribution in [0.15, 0.2) is 86.5 Å². The Labute approximate surface area is 309 Å². The van der Waals surface area contributed by atoms with Crippen LogP contribution in [0.25, 0.3) is 0 Å². The topological polar surface area (TPSA) is 167 Å². The van der Waals surface area contributed by atoms with Crippen molar-refractivity contribution >= 4 is 17.7 Å². The van der Waals surface area contributed by atoms with E-state index in [9.17, 15) is 29.7 Å². The first kappa shape index (κ1) is 42.1. The Bertz CT molecular complexity index is 1640. The third kappa shape index (κ3) is 14.3. The number of ether oxygens (including phenoxy) is 6. The van der Waals surface area contributed by atoms with E-state index in [-0.39, 0.29) is 45.4 Å². The van der Waals surface area contributed by atoms with Gasteiger partial charge in [0.15, 0.2) is 12.1 Å². The fraction of sp³-hybridized carbons (Fsp3) is 0.341. The maximum absolute atomic E-state index is 11.6. The highest BCUT2D eigenvalue weighted by molar-refractivity contribution is 5.90. The molecule has 0 bridgehead atoms. The van der Waals surface area contributed by atoms with Gasteiger partial charge in [0.2, 0.25) is 0 Å². The van der Waals surface area contributed by atoms with Crippen LogP contribution in [0, 0.1) is 20.8 Å². The summed E-state index contributed by atoms with van der Waals surface area (Å²) in [6.45, 7) is 14.4. The van der Waals surface area contributed by atoms with Crippen molar-refractivity contribution in [3.05, 3.63) is 125 Å². The zero-order valence-electron chi connectivity index (χ0n) is 30.4. The molecular formula is C41H48O12. The molecule has 0 fully saturated rings. The number of carbonyl (C=O) groups excluding carboxylic acids is 3. The number of hydrogen-bond acceptors (Lipinski definition) is 12. The van der Waals surface area contributed by atoms with Crippen molar-refractivity contribution in [3.63, 3.8) is 0 Å². The third-order valence-corrected chi connectivity index (χ3v) is 7.63. The summed E-state index contributed by atoms with van der Waals surface area (Å²) in [5, 5.41) is 31.3. The summed E-state index contributed by atoms with van der Waals surface area (Å²) in [5.41, 5.74) is 5.91. The summed E-state index contributed by atoms with van der Waals surface area (Å²) in [4.78, 5) is 34.6. The monoisotopic (exact) mass is 732 g/mol. The van der Waals surface area contributed by atoms with Crippen LogP contribution >= 0.6 is 0 Å². The van der Waals surface area contributed by atoms with Crippen LogP contribution in [-0.4, -0.2) is 91.2 Å². The highest BCUT2D eigenvalue weighted by atomic mass is 16.6. The quantitative estimate of drug-likeness (QED) is 0.0724. The van der Waals surface area contributed by atoms with Gasteiger partial charge in [-0.1, -0.05) is 72.8 Å². The normalized spacial score (nSPS) is 12.5. The molecule has 3 rings (SSSR count). The molecule has 12 heteroatoms. The number of benzene rings is 3. The molecule has 3 unspecified atom stereocenters. The predicted molar refractivity (Wildman–Crippen MR) is 197 cm³/mol. The SMILES string of the molecule is C=CC(=O)COC(O)COc1ccc(C)cc1Cc1cc(C)cc(Cc2cc(C)ccc2OCC(O)COC(=O)C=C)c1OCC(O)COC(=O)C=C. The minimum atomic E-state index is -1.36. The third-order valence-electron chi connectivity index (χ3n) is 7.63. The summed E-state index contributed by atoms with van der Waals surface area (Å²) in [6, 6.07) is 15.1. The first-order valence-corrected chi connectivity index (χ1v) is 16.9. The Morgan fingerprint density at radius 3 is 1.53 bits per heavy atom. The minimum absolute atomic E-state index is 0.140. The number of hydrogen-bond donors (Lipinski definition) is 3. The molecule has 0 aliphatic carbocycles.